The van der Waals surface area contributed by atoms with E-state index in [1.807, 2.05) is 55.0 Å². The van der Waals surface area contributed by atoms with E-state index in [-0.39, 0.29) is 6.04 Å². The number of fused-ring (bicyclic) bond motifs is 1. The lowest BCUT2D eigenvalue weighted by molar-refractivity contribution is 0.197. The van der Waals surface area contributed by atoms with Gasteiger partial charge in [0.15, 0.2) is 0 Å². The van der Waals surface area contributed by atoms with Crippen LogP contribution in [0.4, 0.5) is 16.2 Å². The van der Waals surface area contributed by atoms with Crippen molar-refractivity contribution in [2.75, 3.05) is 18.9 Å². The number of hydrogen-bond donors (Lipinski definition) is 4. The Labute approximate surface area is 182 Å². The summed E-state index contributed by atoms with van der Waals surface area (Å²) >= 11 is 7.43. The van der Waals surface area contributed by atoms with Gasteiger partial charge in [0.1, 0.15) is 5.65 Å². The van der Waals surface area contributed by atoms with Gasteiger partial charge in [0, 0.05) is 29.3 Å². The van der Waals surface area contributed by atoms with E-state index >= 15 is 0 Å². The summed E-state index contributed by atoms with van der Waals surface area (Å²) in [5.74, 6) is 0. The number of likely N-dealkylation sites (N-methyl/N-ethyl adjacent to an activating group) is 1. The maximum atomic E-state index is 12.6. The summed E-state index contributed by atoms with van der Waals surface area (Å²) in [7, 11) is 1.82. The average molecular weight is 442 g/mol. The first-order valence-electron chi connectivity index (χ1n) is 9.29. The van der Waals surface area contributed by atoms with Crippen LogP contribution in [-0.2, 0) is 0 Å². The van der Waals surface area contributed by atoms with Crippen LogP contribution < -0.4 is 20.7 Å². The van der Waals surface area contributed by atoms with Crippen LogP contribution in [0.5, 0.6) is 5.06 Å². The van der Waals surface area contributed by atoms with Crippen LogP contribution in [0, 0.1) is 0 Å². The molecule has 7 nitrogen and oxygen atoms in total. The number of aromatic amines is 1. The molecule has 0 bridgehead atoms. The molecule has 0 saturated heterocycles. The first kappa shape index (κ1) is 20.2. The van der Waals surface area contributed by atoms with Crippen molar-refractivity contribution in [1.82, 2.24) is 20.6 Å². The predicted octanol–water partition coefficient (Wildman–Crippen LogP) is 5.07. The van der Waals surface area contributed by atoms with Crippen molar-refractivity contribution in [2.24, 2.45) is 0 Å². The second-order valence-electron chi connectivity index (χ2n) is 6.54. The Balaban J connectivity index is 1.47. The Bertz CT molecular complexity index is 1160. The number of rotatable bonds is 7. The molecule has 4 N–H and O–H groups in total. The Morgan fingerprint density at radius 1 is 1.27 bits per heavy atom. The molecule has 4 rings (SSSR count). The third-order valence-electron chi connectivity index (χ3n) is 4.50. The van der Waals surface area contributed by atoms with Gasteiger partial charge in [-0.2, -0.15) is 0 Å². The lowest BCUT2D eigenvalue weighted by Gasteiger charge is -2.19. The highest BCUT2D eigenvalue weighted by Gasteiger charge is 2.18. The van der Waals surface area contributed by atoms with Crippen molar-refractivity contribution < 1.29 is 9.53 Å². The highest BCUT2D eigenvalue weighted by Crippen LogP contribution is 2.35. The van der Waals surface area contributed by atoms with Crippen molar-refractivity contribution >= 4 is 51.4 Å². The van der Waals surface area contributed by atoms with Gasteiger partial charge in [0.25, 0.3) is 0 Å². The van der Waals surface area contributed by atoms with Crippen LogP contribution in [0.25, 0.3) is 11.0 Å². The van der Waals surface area contributed by atoms with Crippen LogP contribution in [0.3, 0.4) is 0 Å². The molecule has 1 aromatic carbocycles. The Morgan fingerprint density at radius 3 is 3.00 bits per heavy atom. The van der Waals surface area contributed by atoms with Crippen LogP contribution in [-0.4, -0.2) is 29.7 Å². The first-order chi connectivity index (χ1) is 14.6. The lowest BCUT2D eigenvalue weighted by Crippen LogP contribution is -2.36. The highest BCUT2D eigenvalue weighted by molar-refractivity contribution is 7.12. The van der Waals surface area contributed by atoms with Crippen LogP contribution in [0.1, 0.15) is 11.6 Å². The minimum absolute atomic E-state index is 0.280. The van der Waals surface area contributed by atoms with E-state index in [1.54, 1.807) is 12.3 Å². The molecule has 0 spiro atoms. The fraction of sp³-hybridized carbons (Fsp3) is 0.143. The fourth-order valence-electron chi connectivity index (χ4n) is 3.12. The number of H-pyrrole nitrogens is 1. The quantitative estimate of drug-likeness (QED) is 0.321. The number of ether oxygens (including phenoxy) is 1. The maximum Gasteiger partial charge on any atom is 0.414 e. The molecule has 0 radical (unpaired) electrons. The zero-order chi connectivity index (χ0) is 20.9. The molecule has 154 valence electrons. The molecule has 0 aliphatic heterocycles. The third-order valence-corrected chi connectivity index (χ3v) is 5.52. The van der Waals surface area contributed by atoms with Gasteiger partial charge in [-0.3, -0.25) is 0 Å². The number of anilines is 2. The molecule has 1 amide bonds. The second kappa shape index (κ2) is 9.17. The molecular formula is C21H20ClN5O2S. The van der Waals surface area contributed by atoms with E-state index in [0.29, 0.717) is 22.3 Å². The molecule has 1 atom stereocenters. The SMILES string of the molecule is CNCC(NC(=O)Oc1sccc1Nc1ccnc2[nH]ccc12)c1cccc(Cl)c1. The summed E-state index contributed by atoms with van der Waals surface area (Å²) in [5, 5.41) is 13.2. The predicted molar refractivity (Wildman–Crippen MR) is 121 cm³/mol. The lowest BCUT2D eigenvalue weighted by atomic mass is 10.1. The van der Waals surface area contributed by atoms with Crippen molar-refractivity contribution in [3.8, 4) is 5.06 Å². The summed E-state index contributed by atoms with van der Waals surface area (Å²) < 4.78 is 5.60. The standard InChI is InChI=1S/C21H20ClN5O2S/c1-23-12-18(13-3-2-4-14(22)11-13)27-21(28)29-20-17(7-10-30-20)26-16-6-9-25-19-15(16)5-8-24-19/h2-11,18,23H,12H2,1H3,(H,27,28)(H2,24,25,26). The van der Waals surface area contributed by atoms with Crippen LogP contribution in [0.15, 0.2) is 60.2 Å². The topological polar surface area (TPSA) is 91.1 Å². The van der Waals surface area contributed by atoms with Crippen molar-refractivity contribution in [2.45, 2.75) is 6.04 Å². The number of benzene rings is 1. The number of thiophene rings is 1. The minimum Gasteiger partial charge on any atom is -0.397 e. The summed E-state index contributed by atoms with van der Waals surface area (Å²) in [6, 6.07) is 12.8. The van der Waals surface area contributed by atoms with E-state index in [2.05, 4.69) is 25.9 Å². The van der Waals surface area contributed by atoms with E-state index in [0.717, 1.165) is 22.3 Å². The second-order valence-corrected chi connectivity index (χ2v) is 7.86. The van der Waals surface area contributed by atoms with E-state index < -0.39 is 6.09 Å². The van der Waals surface area contributed by atoms with E-state index in [1.165, 1.54) is 11.3 Å². The smallest absolute Gasteiger partial charge is 0.397 e. The Kier molecular flexibility index (Phi) is 6.18. The van der Waals surface area contributed by atoms with Gasteiger partial charge in [0.05, 0.1) is 17.4 Å². The largest absolute Gasteiger partial charge is 0.414 e. The normalized spacial score (nSPS) is 11.9. The molecule has 4 aromatic rings. The van der Waals surface area contributed by atoms with Gasteiger partial charge in [-0.1, -0.05) is 23.7 Å². The summed E-state index contributed by atoms with van der Waals surface area (Å²) in [6.45, 7) is 0.535. The molecule has 3 heterocycles. The van der Waals surface area contributed by atoms with Gasteiger partial charge in [0.2, 0.25) is 5.06 Å². The maximum absolute atomic E-state index is 12.6. The molecule has 0 aliphatic carbocycles. The van der Waals surface area contributed by atoms with E-state index in [4.69, 9.17) is 16.3 Å². The minimum atomic E-state index is -0.540. The Morgan fingerprint density at radius 2 is 2.17 bits per heavy atom. The molecular weight excluding hydrogens is 422 g/mol. The van der Waals surface area contributed by atoms with Gasteiger partial charge in [-0.15, -0.1) is 11.3 Å². The van der Waals surface area contributed by atoms with Gasteiger partial charge < -0.3 is 25.7 Å². The van der Waals surface area contributed by atoms with Crippen LogP contribution in [0.2, 0.25) is 5.02 Å². The number of carbonyl (C=O) groups excluding carboxylic acids is 1. The molecule has 9 heteroatoms. The monoisotopic (exact) mass is 441 g/mol. The molecule has 3 aromatic heterocycles. The third kappa shape index (κ3) is 4.56. The molecule has 0 saturated carbocycles. The first-order valence-corrected chi connectivity index (χ1v) is 10.5. The number of carbonyl (C=O) groups is 1. The number of pyridine rings is 1. The zero-order valence-electron chi connectivity index (χ0n) is 16.1. The van der Waals surface area contributed by atoms with Gasteiger partial charge >= 0.3 is 6.09 Å². The van der Waals surface area contributed by atoms with Gasteiger partial charge in [-0.05, 0) is 48.3 Å². The highest BCUT2D eigenvalue weighted by atomic mass is 35.5. The van der Waals surface area contributed by atoms with Crippen LogP contribution >= 0.6 is 22.9 Å². The summed E-state index contributed by atoms with van der Waals surface area (Å²) in [5.41, 5.74) is 3.26. The van der Waals surface area contributed by atoms with Gasteiger partial charge in [-0.25, -0.2) is 9.78 Å². The zero-order valence-corrected chi connectivity index (χ0v) is 17.7. The van der Waals surface area contributed by atoms with Crippen molar-refractivity contribution in [3.05, 3.63) is 70.8 Å². The average Bonchev–Trinajstić information content (AvgIpc) is 3.38. The number of nitrogens with zero attached hydrogens (tertiary/aromatic N) is 1. The molecule has 1 unspecified atom stereocenters. The number of nitrogens with one attached hydrogen (secondary N) is 4. The molecule has 30 heavy (non-hydrogen) atoms. The molecule has 0 fully saturated rings. The molecule has 0 aliphatic rings. The number of aromatic nitrogens is 2. The Hall–Kier alpha value is -3.07. The summed E-state index contributed by atoms with van der Waals surface area (Å²) in [6.07, 6.45) is 3.01. The fourth-order valence-corrected chi connectivity index (χ4v) is 4.01. The van der Waals surface area contributed by atoms with Crippen molar-refractivity contribution in [3.63, 3.8) is 0 Å². The van der Waals surface area contributed by atoms with E-state index in [9.17, 15) is 4.79 Å². The van der Waals surface area contributed by atoms with Crippen molar-refractivity contribution in [1.29, 1.82) is 0 Å². The number of hydrogen-bond acceptors (Lipinski definition) is 6. The summed E-state index contributed by atoms with van der Waals surface area (Å²) in [4.78, 5) is 20.0. The number of amides is 1. The number of halogens is 1.